The molecule has 0 saturated heterocycles. The minimum absolute atomic E-state index is 0.539. The number of allylic oxidation sites excluding steroid dienone is 3. The van der Waals surface area contributed by atoms with Crippen molar-refractivity contribution in [1.82, 2.24) is 0 Å². The summed E-state index contributed by atoms with van der Waals surface area (Å²) < 4.78 is 29.5. The van der Waals surface area contributed by atoms with Gasteiger partial charge in [-0.25, -0.2) is 8.78 Å². The van der Waals surface area contributed by atoms with Crippen LogP contribution in [0.4, 0.5) is 8.78 Å². The molecule has 0 aromatic carbocycles. The third-order valence-corrected chi connectivity index (χ3v) is 1.45. The van der Waals surface area contributed by atoms with Crippen molar-refractivity contribution in [2.45, 2.75) is 25.7 Å². The van der Waals surface area contributed by atoms with E-state index in [1.54, 1.807) is 6.08 Å². The van der Waals surface area contributed by atoms with Crippen LogP contribution in [0.3, 0.4) is 0 Å². The minimum atomic E-state index is -2.74. The molecule has 1 aliphatic rings. The zero-order chi connectivity index (χ0) is 9.03. The molecule has 1 nitrogen and oxygen atoms in total. The van der Waals surface area contributed by atoms with Gasteiger partial charge >= 0.3 is 0 Å². The predicted molar refractivity (Wildman–Crippen MR) is 43.0 cm³/mol. The molecule has 0 radical (unpaired) electrons. The van der Waals surface area contributed by atoms with Gasteiger partial charge in [-0.15, -0.1) is 0 Å². The molecule has 0 saturated carbocycles. The van der Waals surface area contributed by atoms with E-state index in [4.69, 9.17) is 4.74 Å². The van der Waals surface area contributed by atoms with Crippen LogP contribution in [0.2, 0.25) is 0 Å². The molecule has 1 aliphatic carbocycles. The summed E-state index contributed by atoms with van der Waals surface area (Å²) in [7, 11) is 0. The number of rotatable bonds is 3. The molecule has 0 N–H and O–H groups in total. The quantitative estimate of drug-likeness (QED) is 0.639. The van der Waals surface area contributed by atoms with Gasteiger partial charge < -0.3 is 4.74 Å². The van der Waals surface area contributed by atoms with E-state index in [-0.39, 0.29) is 0 Å². The van der Waals surface area contributed by atoms with E-state index in [1.165, 1.54) is 0 Å². The molecule has 0 spiro atoms. The number of ether oxygens (including phenoxy) is 1. The van der Waals surface area contributed by atoms with E-state index in [2.05, 4.69) is 0 Å². The average molecular weight is 174 g/mol. The predicted octanol–water partition coefficient (Wildman–Crippen LogP) is 2.89. The highest BCUT2D eigenvalue weighted by atomic mass is 19.3. The van der Waals surface area contributed by atoms with Gasteiger partial charge in [-0.05, 0) is 25.0 Å². The van der Waals surface area contributed by atoms with Gasteiger partial charge in [0.2, 0.25) is 0 Å². The molecular formula is C9H12F2O. The van der Waals surface area contributed by atoms with Crippen LogP contribution in [0, 0.1) is 0 Å². The summed E-state index contributed by atoms with van der Waals surface area (Å²) in [5.74, 6) is -2.19. The molecule has 3 heteroatoms. The molecule has 0 heterocycles. The number of hydrogen-bond acceptors (Lipinski definition) is 1. The lowest BCUT2D eigenvalue weighted by molar-refractivity contribution is -0.0418. The fourth-order valence-electron chi connectivity index (χ4n) is 0.906. The fourth-order valence-corrected chi connectivity index (χ4v) is 0.906. The second-order valence-electron chi connectivity index (χ2n) is 2.95. The van der Waals surface area contributed by atoms with E-state index in [0.29, 0.717) is 5.76 Å². The molecule has 1 rings (SSSR count). The second-order valence-corrected chi connectivity index (χ2v) is 2.95. The van der Waals surface area contributed by atoms with Gasteiger partial charge in [-0.3, -0.25) is 0 Å². The van der Waals surface area contributed by atoms with Crippen LogP contribution in [0.15, 0.2) is 24.0 Å². The van der Waals surface area contributed by atoms with E-state index >= 15 is 0 Å². The summed E-state index contributed by atoms with van der Waals surface area (Å²) >= 11 is 0. The fraction of sp³-hybridized carbons (Fsp3) is 0.556. The Bertz CT molecular complexity index is 201. The first-order chi connectivity index (χ1) is 5.58. The van der Waals surface area contributed by atoms with Crippen LogP contribution < -0.4 is 0 Å². The molecule has 12 heavy (non-hydrogen) atoms. The molecule has 0 unspecified atom stereocenters. The van der Waals surface area contributed by atoms with Crippen molar-refractivity contribution in [2.24, 2.45) is 0 Å². The second kappa shape index (κ2) is 3.70. The maximum atomic E-state index is 12.3. The molecule has 68 valence electrons. The van der Waals surface area contributed by atoms with Gasteiger partial charge in [0.05, 0.1) is 0 Å². The highest BCUT2D eigenvalue weighted by Gasteiger charge is 2.22. The van der Waals surface area contributed by atoms with Crippen molar-refractivity contribution < 1.29 is 13.5 Å². The molecule has 0 amide bonds. The van der Waals surface area contributed by atoms with Crippen molar-refractivity contribution >= 4 is 0 Å². The monoisotopic (exact) mass is 174 g/mol. The van der Waals surface area contributed by atoms with Gasteiger partial charge in [-0.2, -0.15) is 0 Å². The zero-order valence-corrected chi connectivity index (χ0v) is 7.02. The van der Waals surface area contributed by atoms with Gasteiger partial charge in [0.25, 0.3) is 5.92 Å². The van der Waals surface area contributed by atoms with Crippen molar-refractivity contribution in [2.75, 3.05) is 6.61 Å². The Morgan fingerprint density at radius 3 is 2.75 bits per heavy atom. The zero-order valence-electron chi connectivity index (χ0n) is 7.02. The van der Waals surface area contributed by atoms with Crippen LogP contribution in [-0.4, -0.2) is 12.5 Å². The third kappa shape index (κ3) is 3.51. The Morgan fingerprint density at radius 2 is 2.25 bits per heavy atom. The van der Waals surface area contributed by atoms with Crippen LogP contribution in [0.5, 0.6) is 0 Å². The molecule has 0 bridgehead atoms. The van der Waals surface area contributed by atoms with E-state index in [0.717, 1.165) is 19.8 Å². The number of halogens is 2. The van der Waals surface area contributed by atoms with Gasteiger partial charge in [-0.1, -0.05) is 6.08 Å². The third-order valence-electron chi connectivity index (χ3n) is 1.45. The minimum Gasteiger partial charge on any atom is -0.488 e. The van der Waals surface area contributed by atoms with Gasteiger partial charge in [0, 0.05) is 6.92 Å². The lowest BCUT2D eigenvalue weighted by Crippen LogP contribution is -2.18. The molecular weight excluding hydrogens is 162 g/mol. The topological polar surface area (TPSA) is 9.23 Å². The first-order valence-electron chi connectivity index (χ1n) is 3.95. The maximum Gasteiger partial charge on any atom is 0.278 e. The Morgan fingerprint density at radius 1 is 1.50 bits per heavy atom. The summed E-state index contributed by atoms with van der Waals surface area (Å²) in [5, 5.41) is 0. The van der Waals surface area contributed by atoms with Crippen molar-refractivity contribution in [3.63, 3.8) is 0 Å². The van der Waals surface area contributed by atoms with Crippen LogP contribution >= 0.6 is 0 Å². The van der Waals surface area contributed by atoms with Gasteiger partial charge in [0.1, 0.15) is 5.76 Å². The van der Waals surface area contributed by atoms with E-state index in [1.807, 2.05) is 12.2 Å². The number of hydrogen-bond donors (Lipinski definition) is 0. The smallest absolute Gasteiger partial charge is 0.278 e. The maximum absolute atomic E-state index is 12.3. The average Bonchev–Trinajstić information content (AvgIpc) is 2.02. The molecule has 0 aromatic heterocycles. The van der Waals surface area contributed by atoms with Crippen molar-refractivity contribution in [3.8, 4) is 0 Å². The van der Waals surface area contributed by atoms with Crippen molar-refractivity contribution in [1.29, 1.82) is 0 Å². The van der Waals surface area contributed by atoms with Gasteiger partial charge in [0.15, 0.2) is 6.61 Å². The summed E-state index contributed by atoms with van der Waals surface area (Å²) in [6.45, 7) is 0.309. The van der Waals surface area contributed by atoms with Crippen LogP contribution in [0.25, 0.3) is 0 Å². The number of alkyl halides is 2. The van der Waals surface area contributed by atoms with E-state index in [9.17, 15) is 8.78 Å². The summed E-state index contributed by atoms with van der Waals surface area (Å²) in [4.78, 5) is 0. The Labute approximate surface area is 70.7 Å². The lowest BCUT2D eigenvalue weighted by atomic mass is 10.2. The Hall–Kier alpha value is -0.860. The van der Waals surface area contributed by atoms with E-state index < -0.39 is 12.5 Å². The summed E-state index contributed by atoms with van der Waals surface area (Å²) in [6, 6.07) is 0. The standard InChI is InChI=1S/C9H12F2O/c1-9(10,11)7-12-8-5-3-2-4-6-8/h3,5-6H,2,4,7H2,1H3. The molecule has 0 aromatic rings. The lowest BCUT2D eigenvalue weighted by Gasteiger charge is -2.13. The molecule has 0 atom stereocenters. The first kappa shape index (κ1) is 9.23. The van der Waals surface area contributed by atoms with Crippen LogP contribution in [0.1, 0.15) is 19.8 Å². The van der Waals surface area contributed by atoms with Crippen LogP contribution in [-0.2, 0) is 4.74 Å². The first-order valence-corrected chi connectivity index (χ1v) is 3.95. The summed E-state index contributed by atoms with van der Waals surface area (Å²) in [6.07, 6.45) is 7.32. The normalized spacial score (nSPS) is 17.4. The highest BCUT2D eigenvalue weighted by molar-refractivity contribution is 5.15. The van der Waals surface area contributed by atoms with Crippen molar-refractivity contribution in [3.05, 3.63) is 24.0 Å². The molecule has 0 aliphatic heterocycles. The highest BCUT2D eigenvalue weighted by Crippen LogP contribution is 2.16. The Kier molecular flexibility index (Phi) is 2.84. The summed E-state index contributed by atoms with van der Waals surface area (Å²) in [5.41, 5.74) is 0. The largest absolute Gasteiger partial charge is 0.488 e. The SMILES string of the molecule is CC(F)(F)COC1=CCCC=C1. The Balaban J connectivity index is 2.32. The molecule has 0 fully saturated rings.